The van der Waals surface area contributed by atoms with Crippen LogP contribution in [0.15, 0.2) is 24.3 Å². The number of aliphatic hydroxyl groups is 1. The Labute approximate surface area is 120 Å². The molecule has 0 spiro atoms. The summed E-state index contributed by atoms with van der Waals surface area (Å²) in [6.45, 7) is 5.02. The molecule has 1 aromatic rings. The molecule has 0 aromatic heterocycles. The number of carbonyl (C=O) groups excluding carboxylic acids is 1. The first-order valence-corrected chi connectivity index (χ1v) is 7.24. The molecule has 0 saturated heterocycles. The number of hydrogen-bond donors (Lipinski definition) is 3. The molecule has 4 nitrogen and oxygen atoms in total. The fourth-order valence-electron chi connectivity index (χ4n) is 2.22. The van der Waals surface area contributed by atoms with Crippen molar-refractivity contribution in [2.24, 2.45) is 5.41 Å². The summed E-state index contributed by atoms with van der Waals surface area (Å²) >= 11 is 0. The quantitative estimate of drug-likeness (QED) is 0.714. The highest BCUT2D eigenvalue weighted by molar-refractivity contribution is 5.91. The van der Waals surface area contributed by atoms with Gasteiger partial charge < -0.3 is 15.7 Å². The van der Waals surface area contributed by atoms with E-state index in [4.69, 9.17) is 0 Å². The minimum Gasteiger partial charge on any atom is -0.396 e. The first-order chi connectivity index (χ1) is 9.54. The average molecular weight is 276 g/mol. The molecule has 3 N–H and O–H groups in total. The Kier molecular flexibility index (Phi) is 4.78. The van der Waals surface area contributed by atoms with E-state index in [2.05, 4.69) is 10.6 Å². The van der Waals surface area contributed by atoms with Crippen molar-refractivity contribution in [1.82, 2.24) is 5.32 Å². The lowest BCUT2D eigenvalue weighted by Gasteiger charge is -2.18. The van der Waals surface area contributed by atoms with Gasteiger partial charge in [-0.25, -0.2) is 0 Å². The van der Waals surface area contributed by atoms with Crippen LogP contribution in [0.2, 0.25) is 0 Å². The van der Waals surface area contributed by atoms with Gasteiger partial charge in [-0.1, -0.05) is 18.2 Å². The van der Waals surface area contributed by atoms with Gasteiger partial charge in [-0.05, 0) is 38.3 Å². The van der Waals surface area contributed by atoms with Crippen molar-refractivity contribution >= 4 is 11.6 Å². The van der Waals surface area contributed by atoms with Crippen LogP contribution < -0.4 is 10.6 Å². The third kappa shape index (κ3) is 4.05. The van der Waals surface area contributed by atoms with E-state index in [1.807, 2.05) is 38.1 Å². The second kappa shape index (κ2) is 6.37. The van der Waals surface area contributed by atoms with E-state index in [9.17, 15) is 9.90 Å². The topological polar surface area (TPSA) is 61.4 Å². The molecule has 110 valence electrons. The second-order valence-corrected chi connectivity index (χ2v) is 6.01. The maximum Gasteiger partial charge on any atom is 0.225 e. The van der Waals surface area contributed by atoms with Crippen molar-refractivity contribution < 1.29 is 9.90 Å². The van der Waals surface area contributed by atoms with Crippen LogP contribution in [0.25, 0.3) is 0 Å². The molecule has 1 aliphatic rings. The van der Waals surface area contributed by atoms with Gasteiger partial charge in [0.15, 0.2) is 0 Å². The van der Waals surface area contributed by atoms with Gasteiger partial charge in [0.05, 0.1) is 0 Å². The third-order valence-corrected chi connectivity index (χ3v) is 4.03. The number of amides is 1. The Morgan fingerprint density at radius 2 is 2.10 bits per heavy atom. The van der Waals surface area contributed by atoms with Crippen molar-refractivity contribution in [2.45, 2.75) is 39.2 Å². The summed E-state index contributed by atoms with van der Waals surface area (Å²) < 4.78 is 0. The largest absolute Gasteiger partial charge is 0.396 e. The van der Waals surface area contributed by atoms with Gasteiger partial charge in [0.1, 0.15) is 0 Å². The van der Waals surface area contributed by atoms with Crippen molar-refractivity contribution in [3.63, 3.8) is 0 Å². The van der Waals surface area contributed by atoms with Gasteiger partial charge in [-0.3, -0.25) is 4.79 Å². The number of carbonyl (C=O) groups is 1. The van der Waals surface area contributed by atoms with Gasteiger partial charge in [-0.2, -0.15) is 0 Å². The zero-order chi connectivity index (χ0) is 14.6. The van der Waals surface area contributed by atoms with E-state index in [1.54, 1.807) is 0 Å². The van der Waals surface area contributed by atoms with Crippen LogP contribution in [0.3, 0.4) is 0 Å². The van der Waals surface area contributed by atoms with Crippen molar-refractivity contribution in [3.05, 3.63) is 29.8 Å². The normalized spacial score (nSPS) is 17.6. The highest BCUT2D eigenvalue weighted by Gasteiger charge is 2.41. The first-order valence-electron chi connectivity index (χ1n) is 7.24. The number of aliphatic hydroxyl groups excluding tert-OH is 1. The number of rotatable bonds is 7. The van der Waals surface area contributed by atoms with Crippen LogP contribution >= 0.6 is 0 Å². The molecule has 1 amide bonds. The van der Waals surface area contributed by atoms with Crippen molar-refractivity contribution in [2.75, 3.05) is 18.5 Å². The number of nitrogens with one attached hydrogen (secondary N) is 2. The molecule has 1 saturated carbocycles. The summed E-state index contributed by atoms with van der Waals surface area (Å²) in [6, 6.07) is 7.88. The Balaban J connectivity index is 1.75. The minimum absolute atomic E-state index is 0.0214. The van der Waals surface area contributed by atoms with Gasteiger partial charge in [0.2, 0.25) is 5.91 Å². The van der Waals surface area contributed by atoms with Gasteiger partial charge in [0, 0.05) is 36.7 Å². The highest BCUT2D eigenvalue weighted by Crippen LogP contribution is 2.44. The van der Waals surface area contributed by atoms with Gasteiger partial charge >= 0.3 is 0 Å². The van der Waals surface area contributed by atoms with Gasteiger partial charge in [-0.15, -0.1) is 0 Å². The number of anilines is 1. The summed E-state index contributed by atoms with van der Waals surface area (Å²) in [5, 5.41) is 15.5. The van der Waals surface area contributed by atoms with E-state index in [1.165, 1.54) is 0 Å². The summed E-state index contributed by atoms with van der Waals surface area (Å²) in [5.41, 5.74) is 2.03. The molecule has 0 heterocycles. The maximum atomic E-state index is 12.0. The summed E-state index contributed by atoms with van der Waals surface area (Å²) in [4.78, 5) is 12.0. The molecule has 0 bridgehead atoms. The lowest BCUT2D eigenvalue weighted by Crippen LogP contribution is -2.36. The lowest BCUT2D eigenvalue weighted by molar-refractivity contribution is -0.116. The Morgan fingerprint density at radius 1 is 1.40 bits per heavy atom. The molecule has 1 aliphatic carbocycles. The Morgan fingerprint density at radius 3 is 2.70 bits per heavy atom. The summed E-state index contributed by atoms with van der Waals surface area (Å²) in [7, 11) is 0. The van der Waals surface area contributed by atoms with Crippen molar-refractivity contribution in [3.8, 4) is 0 Å². The molecule has 1 unspecified atom stereocenters. The summed E-state index contributed by atoms with van der Waals surface area (Å²) in [6.07, 6.45) is 2.60. The summed E-state index contributed by atoms with van der Waals surface area (Å²) in [5.74, 6) is 0.0214. The molecule has 2 rings (SSSR count). The van der Waals surface area contributed by atoms with Crippen LogP contribution in [0.4, 0.5) is 5.69 Å². The van der Waals surface area contributed by atoms with Crippen LogP contribution in [0.1, 0.15) is 31.7 Å². The molecule has 20 heavy (non-hydrogen) atoms. The van der Waals surface area contributed by atoms with E-state index < -0.39 is 0 Å². The predicted molar refractivity (Wildman–Crippen MR) is 80.6 cm³/mol. The Bertz CT molecular complexity index is 469. The zero-order valence-electron chi connectivity index (χ0n) is 12.3. The second-order valence-electron chi connectivity index (χ2n) is 6.01. The number of para-hydroxylation sites is 1. The molecular weight excluding hydrogens is 252 g/mol. The number of benzene rings is 1. The van der Waals surface area contributed by atoms with E-state index in [0.29, 0.717) is 6.42 Å². The fourth-order valence-corrected chi connectivity index (χ4v) is 2.22. The van der Waals surface area contributed by atoms with Crippen LogP contribution in [-0.4, -0.2) is 30.2 Å². The Hall–Kier alpha value is -1.39. The van der Waals surface area contributed by atoms with Gasteiger partial charge in [0.25, 0.3) is 0 Å². The monoisotopic (exact) mass is 276 g/mol. The molecular formula is C16H24N2O2. The fraction of sp³-hybridized carbons (Fsp3) is 0.562. The SMILES string of the molecule is Cc1ccccc1NC(=O)CC(C)NCC1(CO)CC1. The first kappa shape index (κ1) is 15.0. The van der Waals surface area contributed by atoms with E-state index >= 15 is 0 Å². The number of hydrogen-bond acceptors (Lipinski definition) is 3. The molecule has 1 atom stereocenters. The molecule has 1 fully saturated rings. The zero-order valence-corrected chi connectivity index (χ0v) is 12.3. The van der Waals surface area contributed by atoms with Crippen LogP contribution in [0, 0.1) is 12.3 Å². The molecule has 0 aliphatic heterocycles. The predicted octanol–water partition coefficient (Wildman–Crippen LogP) is 2.07. The van der Waals surface area contributed by atoms with Crippen LogP contribution in [-0.2, 0) is 4.79 Å². The van der Waals surface area contributed by atoms with E-state index in [0.717, 1.165) is 30.6 Å². The standard InChI is InChI=1S/C16H24N2O2/c1-12-5-3-4-6-14(12)18-15(20)9-13(2)17-10-16(11-19)7-8-16/h3-6,13,17,19H,7-11H2,1-2H3,(H,18,20). The van der Waals surface area contributed by atoms with E-state index in [-0.39, 0.29) is 24.0 Å². The van der Waals surface area contributed by atoms with Crippen molar-refractivity contribution in [1.29, 1.82) is 0 Å². The highest BCUT2D eigenvalue weighted by atomic mass is 16.3. The molecule has 0 radical (unpaired) electrons. The van der Waals surface area contributed by atoms with Crippen LogP contribution in [0.5, 0.6) is 0 Å². The maximum absolute atomic E-state index is 12.0. The minimum atomic E-state index is 0.0214. The molecule has 1 aromatic carbocycles. The lowest BCUT2D eigenvalue weighted by atomic mass is 10.1. The molecule has 4 heteroatoms. The smallest absolute Gasteiger partial charge is 0.225 e. The third-order valence-electron chi connectivity index (χ3n) is 4.03. The average Bonchev–Trinajstić information content (AvgIpc) is 3.20. The number of aryl methyl sites for hydroxylation is 1.